The smallest absolute Gasteiger partial charge is 0.308 e. The number of amides is 1. The fourth-order valence-corrected chi connectivity index (χ4v) is 1.52. The van der Waals surface area contributed by atoms with Crippen molar-refractivity contribution in [1.82, 2.24) is 5.32 Å². The van der Waals surface area contributed by atoms with Gasteiger partial charge in [0.05, 0.1) is 5.92 Å². The first-order valence-corrected chi connectivity index (χ1v) is 6.08. The number of carboxylic acids is 1. The third-order valence-corrected chi connectivity index (χ3v) is 3.12. The first-order valence-electron chi connectivity index (χ1n) is 6.08. The fourth-order valence-electron chi connectivity index (χ4n) is 1.52. The first kappa shape index (κ1) is 14.2. The monoisotopic (exact) mass is 249 g/mol. The summed E-state index contributed by atoms with van der Waals surface area (Å²) in [6, 6.07) is 6.92. The highest BCUT2D eigenvalue weighted by Gasteiger charge is 2.21. The van der Waals surface area contributed by atoms with Gasteiger partial charge in [-0.05, 0) is 38.0 Å². The Labute approximate surface area is 107 Å². The van der Waals surface area contributed by atoms with Crippen LogP contribution in [0.2, 0.25) is 0 Å². The summed E-state index contributed by atoms with van der Waals surface area (Å²) in [5.41, 5.74) is 1.72. The van der Waals surface area contributed by atoms with Gasteiger partial charge in [-0.25, -0.2) is 0 Å². The standard InChI is InChI=1S/C14H19NO3/c1-4-11-5-7-12(8-6-11)13(16)15-10(3)9(2)14(17)18/h5-10H,4H2,1-3H3,(H,15,16)(H,17,18). The summed E-state index contributed by atoms with van der Waals surface area (Å²) >= 11 is 0. The lowest BCUT2D eigenvalue weighted by Gasteiger charge is -2.17. The van der Waals surface area contributed by atoms with Crippen LogP contribution in [-0.4, -0.2) is 23.0 Å². The van der Waals surface area contributed by atoms with Gasteiger partial charge in [0.1, 0.15) is 0 Å². The lowest BCUT2D eigenvalue weighted by molar-refractivity contribution is -0.141. The number of carbonyl (C=O) groups is 2. The molecule has 0 spiro atoms. The van der Waals surface area contributed by atoms with Crippen LogP contribution < -0.4 is 5.32 Å². The molecule has 0 aromatic heterocycles. The van der Waals surface area contributed by atoms with Gasteiger partial charge in [-0.1, -0.05) is 19.1 Å². The van der Waals surface area contributed by atoms with Crippen LogP contribution in [0.5, 0.6) is 0 Å². The van der Waals surface area contributed by atoms with Gasteiger partial charge in [0.15, 0.2) is 0 Å². The van der Waals surface area contributed by atoms with Gasteiger partial charge in [0.2, 0.25) is 0 Å². The third-order valence-electron chi connectivity index (χ3n) is 3.12. The Morgan fingerprint density at radius 3 is 2.22 bits per heavy atom. The summed E-state index contributed by atoms with van der Waals surface area (Å²) < 4.78 is 0. The molecule has 2 N–H and O–H groups in total. The van der Waals surface area contributed by atoms with E-state index < -0.39 is 17.9 Å². The number of benzene rings is 1. The third kappa shape index (κ3) is 3.58. The molecule has 4 heteroatoms. The molecule has 0 saturated heterocycles. The second-order valence-corrected chi connectivity index (χ2v) is 4.44. The van der Waals surface area contributed by atoms with Crippen molar-refractivity contribution in [2.75, 3.05) is 0 Å². The molecule has 0 aliphatic heterocycles. The minimum Gasteiger partial charge on any atom is -0.481 e. The number of hydrogen-bond donors (Lipinski definition) is 2. The maximum absolute atomic E-state index is 11.9. The van der Waals surface area contributed by atoms with E-state index in [1.165, 1.54) is 5.56 Å². The second-order valence-electron chi connectivity index (χ2n) is 4.44. The highest BCUT2D eigenvalue weighted by atomic mass is 16.4. The molecule has 18 heavy (non-hydrogen) atoms. The number of nitrogens with one attached hydrogen (secondary N) is 1. The van der Waals surface area contributed by atoms with E-state index in [0.29, 0.717) is 5.56 Å². The maximum Gasteiger partial charge on any atom is 0.308 e. The second kappa shape index (κ2) is 6.19. The highest BCUT2D eigenvalue weighted by Crippen LogP contribution is 2.07. The molecule has 1 amide bonds. The van der Waals surface area contributed by atoms with Crippen LogP contribution in [-0.2, 0) is 11.2 Å². The van der Waals surface area contributed by atoms with E-state index in [2.05, 4.69) is 5.32 Å². The van der Waals surface area contributed by atoms with E-state index in [-0.39, 0.29) is 5.91 Å². The molecule has 1 rings (SSSR count). The van der Waals surface area contributed by atoms with Crippen LogP contribution in [0.1, 0.15) is 36.7 Å². The van der Waals surface area contributed by atoms with Crippen molar-refractivity contribution in [3.63, 3.8) is 0 Å². The first-order chi connectivity index (χ1) is 8.45. The van der Waals surface area contributed by atoms with E-state index in [0.717, 1.165) is 6.42 Å². The largest absolute Gasteiger partial charge is 0.481 e. The highest BCUT2D eigenvalue weighted by molar-refractivity contribution is 5.94. The fraction of sp³-hybridized carbons (Fsp3) is 0.429. The van der Waals surface area contributed by atoms with E-state index in [9.17, 15) is 9.59 Å². The molecule has 0 saturated carbocycles. The van der Waals surface area contributed by atoms with E-state index in [1.54, 1.807) is 26.0 Å². The quantitative estimate of drug-likeness (QED) is 0.839. The molecule has 0 aliphatic rings. The van der Waals surface area contributed by atoms with Crippen molar-refractivity contribution < 1.29 is 14.7 Å². The van der Waals surface area contributed by atoms with Gasteiger partial charge < -0.3 is 10.4 Å². The molecular formula is C14H19NO3. The van der Waals surface area contributed by atoms with Gasteiger partial charge in [0.25, 0.3) is 5.91 Å². The van der Waals surface area contributed by atoms with Crippen molar-refractivity contribution in [1.29, 1.82) is 0 Å². The number of rotatable bonds is 5. The number of carbonyl (C=O) groups excluding carboxylic acids is 1. The number of aliphatic carboxylic acids is 1. The number of hydrogen-bond acceptors (Lipinski definition) is 2. The van der Waals surface area contributed by atoms with Gasteiger partial charge >= 0.3 is 5.97 Å². The molecule has 0 aliphatic carbocycles. The van der Waals surface area contributed by atoms with Crippen molar-refractivity contribution in [2.24, 2.45) is 5.92 Å². The summed E-state index contributed by atoms with van der Waals surface area (Å²) in [5, 5.41) is 11.5. The topological polar surface area (TPSA) is 66.4 Å². The van der Waals surface area contributed by atoms with Gasteiger partial charge in [-0.2, -0.15) is 0 Å². The lowest BCUT2D eigenvalue weighted by Crippen LogP contribution is -2.40. The lowest BCUT2D eigenvalue weighted by atomic mass is 10.0. The van der Waals surface area contributed by atoms with E-state index >= 15 is 0 Å². The van der Waals surface area contributed by atoms with Crippen molar-refractivity contribution >= 4 is 11.9 Å². The summed E-state index contributed by atoms with van der Waals surface area (Å²) in [6.07, 6.45) is 0.925. The molecular weight excluding hydrogens is 230 g/mol. The summed E-state index contributed by atoms with van der Waals surface area (Å²) in [7, 11) is 0. The molecule has 4 nitrogen and oxygen atoms in total. The Bertz CT molecular complexity index is 425. The van der Waals surface area contributed by atoms with Crippen molar-refractivity contribution in [2.45, 2.75) is 33.2 Å². The molecule has 98 valence electrons. The normalized spacial score (nSPS) is 13.7. The minimum atomic E-state index is -0.913. The Morgan fingerprint density at radius 2 is 1.78 bits per heavy atom. The maximum atomic E-state index is 11.9. The Kier molecular flexibility index (Phi) is 4.89. The summed E-state index contributed by atoms with van der Waals surface area (Å²) in [5.74, 6) is -1.76. The average molecular weight is 249 g/mol. The number of carboxylic acid groups (broad SMARTS) is 1. The van der Waals surface area contributed by atoms with Crippen LogP contribution in [0, 0.1) is 5.92 Å². The zero-order valence-electron chi connectivity index (χ0n) is 10.9. The molecule has 2 unspecified atom stereocenters. The predicted molar refractivity (Wildman–Crippen MR) is 69.5 cm³/mol. The van der Waals surface area contributed by atoms with Crippen molar-refractivity contribution in [3.05, 3.63) is 35.4 Å². The van der Waals surface area contributed by atoms with Crippen LogP contribution in [0.4, 0.5) is 0 Å². The molecule has 0 fully saturated rings. The molecule has 0 radical (unpaired) electrons. The van der Waals surface area contributed by atoms with Gasteiger partial charge in [-0.15, -0.1) is 0 Å². The summed E-state index contributed by atoms with van der Waals surface area (Å²) in [6.45, 7) is 5.32. The van der Waals surface area contributed by atoms with Crippen LogP contribution in [0.15, 0.2) is 24.3 Å². The Morgan fingerprint density at radius 1 is 1.22 bits per heavy atom. The average Bonchev–Trinajstić information content (AvgIpc) is 2.37. The van der Waals surface area contributed by atoms with E-state index in [1.807, 2.05) is 19.1 Å². The predicted octanol–water partition coefficient (Wildman–Crippen LogP) is 2.09. The minimum absolute atomic E-state index is 0.238. The van der Waals surface area contributed by atoms with Crippen molar-refractivity contribution in [3.8, 4) is 0 Å². The molecule has 0 bridgehead atoms. The van der Waals surface area contributed by atoms with Gasteiger partial charge in [-0.3, -0.25) is 9.59 Å². The number of aryl methyl sites for hydroxylation is 1. The van der Waals surface area contributed by atoms with E-state index in [4.69, 9.17) is 5.11 Å². The molecule has 1 aromatic rings. The van der Waals surface area contributed by atoms with Crippen LogP contribution >= 0.6 is 0 Å². The Hall–Kier alpha value is -1.84. The Balaban J connectivity index is 2.67. The molecule has 0 heterocycles. The zero-order chi connectivity index (χ0) is 13.7. The zero-order valence-corrected chi connectivity index (χ0v) is 10.9. The SMILES string of the molecule is CCc1ccc(C(=O)NC(C)C(C)C(=O)O)cc1. The molecule has 2 atom stereocenters. The van der Waals surface area contributed by atoms with Crippen LogP contribution in [0.25, 0.3) is 0 Å². The van der Waals surface area contributed by atoms with Crippen LogP contribution in [0.3, 0.4) is 0 Å². The molecule has 1 aromatic carbocycles. The van der Waals surface area contributed by atoms with Gasteiger partial charge in [0, 0.05) is 11.6 Å². The summed E-state index contributed by atoms with van der Waals surface area (Å²) in [4.78, 5) is 22.7.